The predicted molar refractivity (Wildman–Crippen MR) is 155 cm³/mol. The Bertz CT molecular complexity index is 1210. The molecule has 10 nitrogen and oxygen atoms in total. The first-order valence-corrected chi connectivity index (χ1v) is 15.8. The van der Waals surface area contributed by atoms with Crippen LogP contribution >= 0.6 is 0 Å². The van der Waals surface area contributed by atoms with Gasteiger partial charge in [-0.15, -0.1) is 0 Å². The third-order valence-electron chi connectivity index (χ3n) is 11.6. The second kappa shape index (κ2) is 12.5. The minimum Gasteiger partial charge on any atom is -0.480 e. The normalized spacial score (nSPS) is 34.4. The van der Waals surface area contributed by atoms with Crippen molar-refractivity contribution in [2.24, 2.45) is 34.5 Å². The van der Waals surface area contributed by atoms with Gasteiger partial charge in [0.1, 0.15) is 6.04 Å². The van der Waals surface area contributed by atoms with Crippen molar-refractivity contribution in [1.29, 1.82) is 0 Å². The number of hydrogen-bond donors (Lipinski definition) is 2. The van der Waals surface area contributed by atoms with Crippen LogP contribution in [0.2, 0.25) is 0 Å². The molecule has 3 fully saturated rings. The highest BCUT2D eigenvalue weighted by molar-refractivity contribution is 5.94. The second-order valence-electron chi connectivity index (χ2n) is 13.7. The molecule has 8 atom stereocenters. The highest BCUT2D eigenvalue weighted by atomic mass is 16.6. The third kappa shape index (κ3) is 6.03. The Morgan fingerprint density at radius 2 is 1.72 bits per heavy atom. The molecular formula is C33H47NO9. The van der Waals surface area contributed by atoms with Crippen molar-refractivity contribution in [2.75, 3.05) is 6.61 Å². The Hall–Kier alpha value is -3.04. The Balaban J connectivity index is 1.42. The van der Waals surface area contributed by atoms with Crippen molar-refractivity contribution in [1.82, 2.24) is 5.32 Å². The van der Waals surface area contributed by atoms with Gasteiger partial charge < -0.3 is 19.9 Å². The molecule has 3 saturated carbocycles. The molecule has 10 heteroatoms. The summed E-state index contributed by atoms with van der Waals surface area (Å²) in [5.41, 5.74) is -0.799. The maximum absolute atomic E-state index is 13.9. The van der Waals surface area contributed by atoms with E-state index in [1.54, 1.807) is 6.92 Å². The van der Waals surface area contributed by atoms with Crippen molar-refractivity contribution in [3.05, 3.63) is 11.6 Å². The molecule has 0 aromatic rings. The average molecular weight is 602 g/mol. The number of carboxylic acid groups (broad SMARTS) is 1. The van der Waals surface area contributed by atoms with Crippen LogP contribution in [0.5, 0.6) is 0 Å². The fraction of sp³-hybridized carbons (Fsp3) is 0.758. The molecular weight excluding hydrogens is 554 g/mol. The van der Waals surface area contributed by atoms with Gasteiger partial charge in [-0.3, -0.25) is 24.0 Å². The standard InChI is InChI=1S/C33H47NO9/c1-6-19(2)29(30(40)41)34-27(38)9-10-28(39)42-18-26(37)33(43-20(3)35)16-13-25-23-8-7-21-17-22(36)11-14-31(21,4)24(23)12-15-32(25,33)5/h17,19,23-25,29H,6-16,18H2,1-5H3,(H,34,38)(H,40,41). The third-order valence-corrected chi connectivity index (χ3v) is 11.6. The zero-order valence-corrected chi connectivity index (χ0v) is 26.2. The largest absolute Gasteiger partial charge is 0.480 e. The van der Waals surface area contributed by atoms with Crippen LogP contribution in [-0.4, -0.2) is 58.7 Å². The minimum atomic E-state index is -1.41. The number of carbonyl (C=O) groups is 6. The Labute approximate surface area is 253 Å². The van der Waals surface area contributed by atoms with Gasteiger partial charge in [0.2, 0.25) is 11.7 Å². The lowest BCUT2D eigenvalue weighted by Gasteiger charge is -2.59. The smallest absolute Gasteiger partial charge is 0.326 e. The monoisotopic (exact) mass is 601 g/mol. The highest BCUT2D eigenvalue weighted by Gasteiger charge is 2.68. The first kappa shape index (κ1) is 32.9. The summed E-state index contributed by atoms with van der Waals surface area (Å²) in [6, 6.07) is -1.06. The molecule has 4 rings (SSSR count). The van der Waals surface area contributed by atoms with E-state index in [2.05, 4.69) is 12.2 Å². The zero-order chi connectivity index (χ0) is 31.7. The molecule has 1 amide bonds. The predicted octanol–water partition coefficient (Wildman–Crippen LogP) is 4.33. The van der Waals surface area contributed by atoms with Crippen LogP contribution in [0.15, 0.2) is 11.6 Å². The van der Waals surface area contributed by atoms with Crippen LogP contribution in [0.1, 0.15) is 105 Å². The van der Waals surface area contributed by atoms with Gasteiger partial charge in [-0.2, -0.15) is 0 Å². The molecule has 0 aliphatic heterocycles. The SMILES string of the molecule is CCC(C)C(NC(=O)CCC(=O)OCC(=O)C1(OC(C)=O)CCC2C3CCC4=CC(=O)CCC4(C)C3CCC21C)C(=O)O. The zero-order valence-electron chi connectivity index (χ0n) is 26.2. The highest BCUT2D eigenvalue weighted by Crippen LogP contribution is 2.68. The first-order chi connectivity index (χ1) is 20.2. The molecule has 0 spiro atoms. The number of rotatable bonds is 11. The van der Waals surface area contributed by atoms with E-state index in [0.29, 0.717) is 37.5 Å². The molecule has 0 aromatic carbocycles. The number of hydrogen-bond acceptors (Lipinski definition) is 8. The number of aliphatic carboxylic acids is 1. The lowest BCUT2D eigenvalue weighted by Crippen LogP contribution is -2.59. The van der Waals surface area contributed by atoms with E-state index < -0.39 is 53.3 Å². The maximum Gasteiger partial charge on any atom is 0.326 e. The van der Waals surface area contributed by atoms with Crippen LogP contribution in [0.25, 0.3) is 0 Å². The number of ketones is 2. The number of allylic oxidation sites excluding steroid dienone is 1. The summed E-state index contributed by atoms with van der Waals surface area (Å²) >= 11 is 0. The van der Waals surface area contributed by atoms with E-state index in [1.165, 1.54) is 12.5 Å². The molecule has 4 aliphatic rings. The molecule has 0 bridgehead atoms. The van der Waals surface area contributed by atoms with Crippen molar-refractivity contribution in [2.45, 2.75) is 117 Å². The van der Waals surface area contributed by atoms with Crippen molar-refractivity contribution in [3.8, 4) is 0 Å². The van der Waals surface area contributed by atoms with Crippen LogP contribution < -0.4 is 5.32 Å². The molecule has 0 radical (unpaired) electrons. The number of fused-ring (bicyclic) bond motifs is 5. The minimum absolute atomic E-state index is 0.0320. The number of carboxylic acids is 1. The van der Waals surface area contributed by atoms with Gasteiger partial charge in [0.25, 0.3) is 0 Å². The first-order valence-electron chi connectivity index (χ1n) is 15.8. The molecule has 238 valence electrons. The molecule has 43 heavy (non-hydrogen) atoms. The maximum atomic E-state index is 13.9. The van der Waals surface area contributed by atoms with E-state index in [1.807, 2.05) is 19.9 Å². The second-order valence-corrected chi connectivity index (χ2v) is 13.7. The number of nitrogens with one attached hydrogen (secondary N) is 1. The van der Waals surface area contributed by atoms with Gasteiger partial charge >= 0.3 is 17.9 Å². The molecule has 2 N–H and O–H groups in total. The van der Waals surface area contributed by atoms with E-state index >= 15 is 0 Å². The van der Waals surface area contributed by atoms with Gasteiger partial charge in [-0.1, -0.05) is 39.7 Å². The van der Waals surface area contributed by atoms with E-state index in [0.717, 1.165) is 32.1 Å². The Morgan fingerprint density at radius 1 is 1.02 bits per heavy atom. The summed E-state index contributed by atoms with van der Waals surface area (Å²) in [5, 5.41) is 11.8. The van der Waals surface area contributed by atoms with Crippen molar-refractivity contribution >= 4 is 35.4 Å². The van der Waals surface area contributed by atoms with E-state index in [4.69, 9.17) is 9.47 Å². The van der Waals surface area contributed by atoms with Crippen LogP contribution in [-0.2, 0) is 38.2 Å². The van der Waals surface area contributed by atoms with E-state index in [9.17, 15) is 33.9 Å². The average Bonchev–Trinajstić information content (AvgIpc) is 3.25. The summed E-state index contributed by atoms with van der Waals surface area (Å²) in [6.07, 6.45) is 7.67. The molecule has 4 aliphatic carbocycles. The summed E-state index contributed by atoms with van der Waals surface area (Å²) in [7, 11) is 0. The molecule has 0 heterocycles. The fourth-order valence-corrected chi connectivity index (χ4v) is 8.96. The summed E-state index contributed by atoms with van der Waals surface area (Å²) in [4.78, 5) is 74.8. The quantitative estimate of drug-likeness (QED) is 0.330. The van der Waals surface area contributed by atoms with E-state index in [-0.39, 0.29) is 35.9 Å². The van der Waals surface area contributed by atoms with Gasteiger partial charge in [-0.25, -0.2) is 4.79 Å². The molecule has 0 saturated heterocycles. The van der Waals surface area contributed by atoms with Crippen LogP contribution in [0.4, 0.5) is 0 Å². The van der Waals surface area contributed by atoms with Crippen molar-refractivity contribution < 1.29 is 43.3 Å². The number of esters is 2. The Morgan fingerprint density at radius 3 is 2.37 bits per heavy atom. The molecule has 0 aromatic heterocycles. The lowest BCUT2D eigenvalue weighted by molar-refractivity contribution is -0.191. The number of ether oxygens (including phenoxy) is 2. The van der Waals surface area contributed by atoms with Gasteiger partial charge in [-0.05, 0) is 80.1 Å². The number of carbonyl (C=O) groups excluding carboxylic acids is 5. The van der Waals surface area contributed by atoms with Gasteiger partial charge in [0.05, 0.1) is 6.42 Å². The summed E-state index contributed by atoms with van der Waals surface area (Å²) < 4.78 is 11.2. The summed E-state index contributed by atoms with van der Waals surface area (Å²) in [5.74, 6) is -2.68. The van der Waals surface area contributed by atoms with Gasteiger partial charge in [0, 0.05) is 25.2 Å². The number of amides is 1. The van der Waals surface area contributed by atoms with Gasteiger partial charge in [0.15, 0.2) is 18.0 Å². The lowest BCUT2D eigenvalue weighted by atomic mass is 9.46. The van der Waals surface area contributed by atoms with Crippen molar-refractivity contribution in [3.63, 3.8) is 0 Å². The molecule has 8 unspecified atom stereocenters. The van der Waals surface area contributed by atoms with Crippen LogP contribution in [0.3, 0.4) is 0 Å². The summed E-state index contributed by atoms with van der Waals surface area (Å²) in [6.45, 7) is 8.60. The number of Topliss-reactive ketones (excluding diaryl/α,β-unsaturated/α-hetero) is 1. The fourth-order valence-electron chi connectivity index (χ4n) is 8.96. The Kier molecular flexibility index (Phi) is 9.57. The van der Waals surface area contributed by atoms with Crippen LogP contribution in [0, 0.1) is 34.5 Å². The topological polar surface area (TPSA) is 153 Å².